The maximum atomic E-state index is 11.6. The lowest BCUT2D eigenvalue weighted by molar-refractivity contribution is -0.917. The van der Waals surface area contributed by atoms with Crippen molar-refractivity contribution in [3.05, 3.63) is 69.5 Å². The summed E-state index contributed by atoms with van der Waals surface area (Å²) in [4.78, 5) is 13.1. The predicted octanol–water partition coefficient (Wildman–Crippen LogP) is 2.56. The van der Waals surface area contributed by atoms with Crippen molar-refractivity contribution in [2.45, 2.75) is 13.2 Å². The fourth-order valence-corrected chi connectivity index (χ4v) is 3.00. The van der Waals surface area contributed by atoms with Crippen LogP contribution in [0, 0.1) is 4.84 Å². The lowest BCUT2D eigenvalue weighted by Gasteiger charge is -2.13. The second kappa shape index (κ2) is 8.47. The molecule has 0 aliphatic carbocycles. The van der Waals surface area contributed by atoms with E-state index in [1.807, 2.05) is 43.4 Å². The summed E-state index contributed by atoms with van der Waals surface area (Å²) in [5.41, 5.74) is 2.59. The molecule has 1 amide bonds. The number of nitrogens with zero attached hydrogens (tertiary/aromatic N) is 2. The topological polar surface area (TPSA) is 64.5 Å². The number of benzene rings is 2. The van der Waals surface area contributed by atoms with E-state index in [1.165, 1.54) is 4.90 Å². The molecule has 1 unspecified atom stereocenters. The van der Waals surface area contributed by atoms with E-state index in [9.17, 15) is 4.79 Å². The predicted molar refractivity (Wildman–Crippen MR) is 106 cm³/mol. The van der Waals surface area contributed by atoms with Gasteiger partial charge in [0, 0.05) is 28.8 Å². The molecule has 6 nitrogen and oxygen atoms in total. The Labute approximate surface area is 167 Å². The number of amides is 1. The first-order valence-corrected chi connectivity index (χ1v) is 9.21. The number of carbonyl (C=O) groups excluding carboxylic acids is 1. The molecular weight excluding hydrogens is 384 g/mol. The minimum Gasteiger partial charge on any atom is -0.409 e. The highest BCUT2D eigenvalue weighted by molar-refractivity contribution is 7.71. The van der Waals surface area contributed by atoms with Crippen LogP contribution in [0.5, 0.6) is 0 Å². The van der Waals surface area contributed by atoms with E-state index in [0.29, 0.717) is 28.0 Å². The van der Waals surface area contributed by atoms with Crippen molar-refractivity contribution in [1.82, 2.24) is 15.1 Å². The highest BCUT2D eigenvalue weighted by Gasteiger charge is 2.12. The molecule has 1 aromatic heterocycles. The van der Waals surface area contributed by atoms with E-state index in [1.54, 1.807) is 23.9 Å². The number of quaternary nitrogens is 1. The van der Waals surface area contributed by atoms with Crippen LogP contribution in [0.25, 0.3) is 11.5 Å². The number of hydrogen-bond acceptors (Lipinski definition) is 4. The van der Waals surface area contributed by atoms with Gasteiger partial charge < -0.3 is 14.6 Å². The summed E-state index contributed by atoms with van der Waals surface area (Å²) in [5, 5.41) is 7.74. The third-order valence-electron chi connectivity index (χ3n) is 4.07. The zero-order valence-corrected chi connectivity index (χ0v) is 16.6. The lowest BCUT2D eigenvalue weighted by Crippen LogP contribution is -3.07. The minimum atomic E-state index is -0.0918. The van der Waals surface area contributed by atoms with Crippen LogP contribution in [0.1, 0.15) is 15.9 Å². The summed E-state index contributed by atoms with van der Waals surface area (Å²) in [7, 11) is 3.67. The Morgan fingerprint density at radius 1 is 1.22 bits per heavy atom. The number of nitrogens with one attached hydrogen (secondary N) is 2. The molecule has 3 aromatic rings. The Bertz CT molecular complexity index is 980. The summed E-state index contributed by atoms with van der Waals surface area (Å²) in [6.07, 6.45) is 0. The van der Waals surface area contributed by atoms with Gasteiger partial charge in [0.15, 0.2) is 6.67 Å². The normalized spacial score (nSPS) is 12.0. The monoisotopic (exact) mass is 403 g/mol. The smallest absolute Gasteiger partial charge is 0.292 e. The first kappa shape index (κ1) is 19.3. The third kappa shape index (κ3) is 4.82. The van der Waals surface area contributed by atoms with E-state index in [4.69, 9.17) is 28.2 Å². The Hall–Kier alpha value is -2.48. The molecule has 0 saturated carbocycles. The molecule has 140 valence electrons. The SMILES string of the molecule is CNC(=O)c1ccc(C[NH+](C)Cn2nc(-c3ccc(Cl)cc3)oc2=S)cc1. The second-order valence-corrected chi connectivity index (χ2v) is 7.03. The van der Waals surface area contributed by atoms with Crippen molar-refractivity contribution in [1.29, 1.82) is 0 Å². The Morgan fingerprint density at radius 2 is 1.89 bits per heavy atom. The largest absolute Gasteiger partial charge is 0.409 e. The second-order valence-electron chi connectivity index (χ2n) is 6.25. The van der Waals surface area contributed by atoms with Gasteiger partial charge in [-0.05, 0) is 48.6 Å². The summed E-state index contributed by atoms with van der Waals surface area (Å²) >= 11 is 11.2. The first-order valence-electron chi connectivity index (χ1n) is 8.42. The van der Waals surface area contributed by atoms with E-state index in [0.717, 1.165) is 17.7 Å². The highest BCUT2D eigenvalue weighted by atomic mass is 35.5. The quantitative estimate of drug-likeness (QED) is 0.621. The van der Waals surface area contributed by atoms with Gasteiger partial charge in [0.2, 0.25) is 5.89 Å². The standard InChI is InChI=1S/C19H19ClN4O2S/c1-21-17(25)14-5-3-13(4-6-14)11-23(2)12-24-19(27)26-18(22-24)15-7-9-16(20)10-8-15/h3-10H,11-12H2,1-2H3,(H,21,25)/p+1. The molecule has 0 aliphatic heterocycles. The van der Waals surface area contributed by atoms with Gasteiger partial charge in [0.1, 0.15) is 6.54 Å². The summed E-state index contributed by atoms with van der Waals surface area (Å²) in [5.74, 6) is 0.380. The number of carbonyl (C=O) groups is 1. The van der Waals surface area contributed by atoms with Crippen molar-refractivity contribution >= 4 is 29.7 Å². The molecule has 2 N–H and O–H groups in total. The van der Waals surface area contributed by atoms with Crippen molar-refractivity contribution in [3.63, 3.8) is 0 Å². The van der Waals surface area contributed by atoms with E-state index < -0.39 is 0 Å². The molecule has 0 spiro atoms. The van der Waals surface area contributed by atoms with E-state index >= 15 is 0 Å². The molecule has 27 heavy (non-hydrogen) atoms. The van der Waals surface area contributed by atoms with Crippen molar-refractivity contribution in [2.24, 2.45) is 0 Å². The zero-order chi connectivity index (χ0) is 19.4. The summed E-state index contributed by atoms with van der Waals surface area (Å²) in [6.45, 7) is 1.33. The average molecular weight is 404 g/mol. The molecule has 1 atom stereocenters. The molecule has 0 saturated heterocycles. The van der Waals surface area contributed by atoms with Gasteiger partial charge in [-0.1, -0.05) is 23.7 Å². The Morgan fingerprint density at radius 3 is 2.52 bits per heavy atom. The summed E-state index contributed by atoms with van der Waals surface area (Å²) < 4.78 is 7.29. The van der Waals surface area contributed by atoms with Crippen LogP contribution in [0.15, 0.2) is 52.9 Å². The molecule has 3 rings (SSSR count). The molecule has 0 radical (unpaired) electrons. The van der Waals surface area contributed by atoms with Crippen LogP contribution < -0.4 is 10.2 Å². The van der Waals surface area contributed by atoms with Crippen LogP contribution in [-0.2, 0) is 13.2 Å². The minimum absolute atomic E-state index is 0.0918. The van der Waals surface area contributed by atoms with Gasteiger partial charge in [-0.25, -0.2) is 0 Å². The van der Waals surface area contributed by atoms with Crippen molar-refractivity contribution in [3.8, 4) is 11.5 Å². The lowest BCUT2D eigenvalue weighted by atomic mass is 10.1. The molecule has 0 aliphatic rings. The maximum absolute atomic E-state index is 11.6. The Balaban J connectivity index is 1.67. The van der Waals surface area contributed by atoms with Gasteiger partial charge >= 0.3 is 0 Å². The number of hydrogen-bond donors (Lipinski definition) is 2. The van der Waals surface area contributed by atoms with Gasteiger partial charge in [-0.3, -0.25) is 4.79 Å². The molecule has 2 aromatic carbocycles. The van der Waals surface area contributed by atoms with E-state index in [2.05, 4.69) is 10.4 Å². The molecule has 0 bridgehead atoms. The number of halogens is 1. The van der Waals surface area contributed by atoms with Crippen LogP contribution in [-0.4, -0.2) is 29.8 Å². The van der Waals surface area contributed by atoms with Gasteiger partial charge in [0.25, 0.3) is 10.7 Å². The van der Waals surface area contributed by atoms with E-state index in [-0.39, 0.29) is 5.91 Å². The molecular formula is C19H20ClN4O2S+. The maximum Gasteiger partial charge on any atom is 0.292 e. The van der Waals surface area contributed by atoms with Gasteiger partial charge in [0.05, 0.1) is 7.05 Å². The number of aromatic nitrogens is 2. The fraction of sp³-hybridized carbons (Fsp3) is 0.211. The Kier molecular flexibility index (Phi) is 6.05. The van der Waals surface area contributed by atoms with Crippen LogP contribution >= 0.6 is 23.8 Å². The van der Waals surface area contributed by atoms with Crippen LogP contribution in [0.2, 0.25) is 5.02 Å². The van der Waals surface area contributed by atoms with Crippen LogP contribution in [0.3, 0.4) is 0 Å². The fourth-order valence-electron chi connectivity index (χ4n) is 2.69. The molecule has 8 heteroatoms. The van der Waals surface area contributed by atoms with Crippen molar-refractivity contribution in [2.75, 3.05) is 14.1 Å². The highest BCUT2D eigenvalue weighted by Crippen LogP contribution is 2.20. The first-order chi connectivity index (χ1) is 13.0. The van der Waals surface area contributed by atoms with Crippen molar-refractivity contribution < 1.29 is 14.1 Å². The number of rotatable bonds is 6. The zero-order valence-electron chi connectivity index (χ0n) is 15.0. The summed E-state index contributed by atoms with van der Waals surface area (Å²) in [6, 6.07) is 14.8. The van der Waals surface area contributed by atoms with Gasteiger partial charge in [-0.15, -0.1) is 5.10 Å². The van der Waals surface area contributed by atoms with Gasteiger partial charge in [-0.2, -0.15) is 4.68 Å². The third-order valence-corrected chi connectivity index (χ3v) is 4.61. The molecule has 0 fully saturated rings. The molecule has 1 heterocycles. The average Bonchev–Trinajstić information content (AvgIpc) is 3.02. The van der Waals surface area contributed by atoms with Crippen LogP contribution in [0.4, 0.5) is 0 Å².